The molecule has 0 amide bonds. The van der Waals surface area contributed by atoms with Crippen LogP contribution in [0.5, 0.6) is 5.75 Å². The second kappa shape index (κ2) is 9.25. The number of benzene rings is 1. The quantitative estimate of drug-likeness (QED) is 0.462. The Labute approximate surface area is 160 Å². The number of piperazine rings is 1. The Kier molecular flexibility index (Phi) is 7.48. The number of alkyl halides is 4. The van der Waals surface area contributed by atoms with Gasteiger partial charge < -0.3 is 14.8 Å². The van der Waals surface area contributed by atoms with Crippen molar-refractivity contribution in [3.05, 3.63) is 24.3 Å². The zero-order valence-electron chi connectivity index (χ0n) is 15.2. The van der Waals surface area contributed by atoms with Crippen LogP contribution in [0.15, 0.2) is 24.3 Å². The van der Waals surface area contributed by atoms with E-state index in [1.165, 1.54) is 16.4 Å². The molecule has 1 fully saturated rings. The van der Waals surface area contributed by atoms with Crippen LogP contribution in [0.1, 0.15) is 13.3 Å². The molecule has 1 heterocycles. The summed E-state index contributed by atoms with van der Waals surface area (Å²) in [5.41, 5.74) is 2.61. The van der Waals surface area contributed by atoms with Crippen molar-refractivity contribution in [1.29, 1.82) is 0 Å². The molecule has 0 aromatic heterocycles. The number of nitrogens with zero attached hydrogens (tertiary/aromatic N) is 2. The predicted octanol–water partition coefficient (Wildman–Crippen LogP) is 2.13. The van der Waals surface area contributed by atoms with Crippen molar-refractivity contribution in [2.45, 2.75) is 31.9 Å². The first-order valence-electron chi connectivity index (χ1n) is 8.66. The average molecular weight is 429 g/mol. The lowest BCUT2D eigenvalue weighted by Crippen LogP contribution is -2.51. The summed E-state index contributed by atoms with van der Waals surface area (Å²) in [6.07, 6.45) is -8.05. The molecule has 160 valence electrons. The number of hydrogen-bond donors (Lipinski definition) is 2. The van der Waals surface area contributed by atoms with Gasteiger partial charge in [-0.15, -0.1) is 0 Å². The van der Waals surface area contributed by atoms with Crippen molar-refractivity contribution in [2.75, 3.05) is 36.8 Å². The van der Waals surface area contributed by atoms with Gasteiger partial charge >= 0.3 is 12.5 Å². The lowest BCUT2D eigenvalue weighted by atomic mass is 10.2. The summed E-state index contributed by atoms with van der Waals surface area (Å²) in [6.45, 7) is 2.95. The van der Waals surface area contributed by atoms with E-state index in [0.717, 1.165) is 12.1 Å². The van der Waals surface area contributed by atoms with Gasteiger partial charge in [-0.3, -0.25) is 0 Å². The van der Waals surface area contributed by atoms with Crippen LogP contribution in [0, 0.1) is 0 Å². The molecule has 2 N–H and O–H groups in total. The maximum atomic E-state index is 12.9. The standard InChI is InChI=1S/C16H23F4N3O4S/c1-2-12(21-24)11-28(25,26)23-9-7-22(8-10-23)13-3-5-14(6-4-13)27-16(19,20)15(17)18/h3-6,12,15,21,24H,2,7-11H2,1H3. The molecule has 0 bridgehead atoms. The van der Waals surface area contributed by atoms with E-state index in [1.807, 2.05) is 10.4 Å². The molecule has 12 heteroatoms. The van der Waals surface area contributed by atoms with Gasteiger partial charge in [0.1, 0.15) is 5.75 Å². The molecule has 2 rings (SSSR count). The van der Waals surface area contributed by atoms with Crippen molar-refractivity contribution in [2.24, 2.45) is 0 Å². The third kappa shape index (κ3) is 5.69. The molecule has 1 aromatic rings. The highest BCUT2D eigenvalue weighted by Gasteiger charge is 2.44. The number of hydroxylamine groups is 1. The van der Waals surface area contributed by atoms with Crippen molar-refractivity contribution in [3.8, 4) is 5.75 Å². The maximum Gasteiger partial charge on any atom is 0.461 e. The highest BCUT2D eigenvalue weighted by Crippen LogP contribution is 2.29. The minimum Gasteiger partial charge on any atom is -0.428 e. The Morgan fingerprint density at radius 1 is 1.18 bits per heavy atom. The molecule has 1 unspecified atom stereocenters. The summed E-state index contributed by atoms with van der Waals surface area (Å²) in [6, 6.07) is 4.66. The maximum absolute atomic E-state index is 12.9. The first-order valence-corrected chi connectivity index (χ1v) is 10.3. The Bertz CT molecular complexity index is 722. The number of anilines is 1. The van der Waals surface area contributed by atoms with Gasteiger partial charge in [-0.2, -0.15) is 21.9 Å². The molecule has 1 atom stereocenters. The van der Waals surface area contributed by atoms with Crippen LogP contribution in [0.4, 0.5) is 23.2 Å². The molecule has 0 radical (unpaired) electrons. The Morgan fingerprint density at radius 2 is 1.75 bits per heavy atom. The largest absolute Gasteiger partial charge is 0.461 e. The summed E-state index contributed by atoms with van der Waals surface area (Å²) in [4.78, 5) is 1.85. The van der Waals surface area contributed by atoms with Gasteiger partial charge in [0.05, 0.1) is 5.75 Å². The van der Waals surface area contributed by atoms with Gasteiger partial charge in [-0.25, -0.2) is 13.9 Å². The minimum atomic E-state index is -4.57. The van der Waals surface area contributed by atoms with Crippen molar-refractivity contribution in [3.63, 3.8) is 0 Å². The van der Waals surface area contributed by atoms with Gasteiger partial charge in [0.2, 0.25) is 10.0 Å². The molecular formula is C16H23F4N3O4S. The van der Waals surface area contributed by atoms with E-state index in [9.17, 15) is 26.0 Å². The zero-order chi connectivity index (χ0) is 20.9. The molecule has 1 saturated heterocycles. The SMILES string of the molecule is CCC(CS(=O)(=O)N1CCN(c2ccc(OC(F)(F)C(F)F)cc2)CC1)NO. The molecule has 1 aliphatic rings. The molecule has 1 aliphatic heterocycles. The fraction of sp³-hybridized carbons (Fsp3) is 0.625. The molecular weight excluding hydrogens is 406 g/mol. The van der Waals surface area contributed by atoms with E-state index < -0.39 is 34.3 Å². The fourth-order valence-electron chi connectivity index (χ4n) is 2.76. The molecule has 28 heavy (non-hydrogen) atoms. The third-order valence-electron chi connectivity index (χ3n) is 4.43. The number of rotatable bonds is 9. The smallest absolute Gasteiger partial charge is 0.428 e. The van der Waals surface area contributed by atoms with Crippen molar-refractivity contribution in [1.82, 2.24) is 9.79 Å². The summed E-state index contributed by atoms with van der Waals surface area (Å²) in [5, 5.41) is 8.96. The van der Waals surface area contributed by atoms with Crippen LogP contribution in [-0.2, 0) is 10.0 Å². The number of halogens is 4. The molecule has 0 spiro atoms. The van der Waals surface area contributed by atoms with Crippen LogP contribution in [0.25, 0.3) is 0 Å². The Hall–Kier alpha value is -1.63. The van der Waals surface area contributed by atoms with Crippen LogP contribution in [0.3, 0.4) is 0 Å². The third-order valence-corrected chi connectivity index (χ3v) is 6.40. The van der Waals surface area contributed by atoms with Crippen LogP contribution >= 0.6 is 0 Å². The zero-order valence-corrected chi connectivity index (χ0v) is 16.0. The van der Waals surface area contributed by atoms with Gasteiger partial charge in [0.25, 0.3) is 0 Å². The topological polar surface area (TPSA) is 82.1 Å². The van der Waals surface area contributed by atoms with Crippen molar-refractivity contribution < 1.29 is 35.9 Å². The molecule has 1 aromatic carbocycles. The van der Waals surface area contributed by atoms with Gasteiger partial charge in [0, 0.05) is 37.9 Å². The first-order chi connectivity index (χ1) is 13.1. The fourth-order valence-corrected chi connectivity index (χ4v) is 4.51. The van der Waals surface area contributed by atoms with Crippen LogP contribution < -0.4 is 15.1 Å². The predicted molar refractivity (Wildman–Crippen MR) is 94.6 cm³/mol. The summed E-state index contributed by atoms with van der Waals surface area (Å²) < 4.78 is 80.3. The van der Waals surface area contributed by atoms with Crippen LogP contribution in [0.2, 0.25) is 0 Å². The highest BCUT2D eigenvalue weighted by molar-refractivity contribution is 7.89. The number of nitrogens with one attached hydrogen (secondary N) is 1. The van der Waals surface area contributed by atoms with Crippen molar-refractivity contribution >= 4 is 15.7 Å². The number of ether oxygens (including phenoxy) is 1. The summed E-state index contributed by atoms with van der Waals surface area (Å²) >= 11 is 0. The van der Waals surface area contributed by atoms with E-state index in [-0.39, 0.29) is 18.8 Å². The van der Waals surface area contributed by atoms with Gasteiger partial charge in [0.15, 0.2) is 0 Å². The highest BCUT2D eigenvalue weighted by atomic mass is 32.2. The Balaban J connectivity index is 1.94. The molecule has 7 nitrogen and oxygen atoms in total. The first kappa shape index (κ1) is 22.7. The van der Waals surface area contributed by atoms with Gasteiger partial charge in [-0.1, -0.05) is 6.92 Å². The van der Waals surface area contributed by atoms with E-state index in [2.05, 4.69) is 4.74 Å². The van der Waals surface area contributed by atoms with E-state index in [4.69, 9.17) is 5.21 Å². The normalized spacial score (nSPS) is 17.8. The molecule has 0 saturated carbocycles. The second-order valence-corrected chi connectivity index (χ2v) is 8.37. The van der Waals surface area contributed by atoms with Gasteiger partial charge in [-0.05, 0) is 30.7 Å². The molecule has 0 aliphatic carbocycles. The monoisotopic (exact) mass is 429 g/mol. The van der Waals surface area contributed by atoms with E-state index in [0.29, 0.717) is 25.2 Å². The average Bonchev–Trinajstić information content (AvgIpc) is 2.66. The van der Waals surface area contributed by atoms with Crippen LogP contribution in [-0.4, -0.2) is 68.4 Å². The Morgan fingerprint density at radius 3 is 2.21 bits per heavy atom. The lowest BCUT2D eigenvalue weighted by Gasteiger charge is -2.36. The summed E-state index contributed by atoms with van der Waals surface area (Å²) in [5.74, 6) is -0.609. The van der Waals surface area contributed by atoms with E-state index in [1.54, 1.807) is 6.92 Å². The van der Waals surface area contributed by atoms with E-state index >= 15 is 0 Å². The number of sulfonamides is 1. The summed E-state index contributed by atoms with van der Waals surface area (Å²) in [7, 11) is -3.54. The minimum absolute atomic E-state index is 0.218. The second-order valence-electron chi connectivity index (χ2n) is 6.36. The lowest BCUT2D eigenvalue weighted by molar-refractivity contribution is -0.253. The number of hydrogen-bond acceptors (Lipinski definition) is 6.